The minimum atomic E-state index is -4.51. The van der Waals surface area contributed by atoms with E-state index in [9.17, 15) is 18.0 Å². The number of hydrogen-bond acceptors (Lipinski definition) is 3. The van der Waals surface area contributed by atoms with E-state index in [1.807, 2.05) is 24.3 Å². The van der Waals surface area contributed by atoms with Crippen LogP contribution in [0.2, 0.25) is 0 Å². The summed E-state index contributed by atoms with van der Waals surface area (Å²) in [5, 5.41) is 5.21. The molecular formula is C18H19F3N2O2. The summed E-state index contributed by atoms with van der Waals surface area (Å²) in [5.41, 5.74) is -0.0657. The predicted molar refractivity (Wildman–Crippen MR) is 89.6 cm³/mol. The zero-order valence-electron chi connectivity index (χ0n) is 13.7. The molecule has 2 N–H and O–H groups in total. The molecule has 25 heavy (non-hydrogen) atoms. The molecule has 0 bridgehead atoms. The molecule has 0 saturated carbocycles. The topological polar surface area (TPSA) is 50.4 Å². The fourth-order valence-electron chi connectivity index (χ4n) is 2.30. The monoisotopic (exact) mass is 352 g/mol. The van der Waals surface area contributed by atoms with Gasteiger partial charge in [0.25, 0.3) is 0 Å². The van der Waals surface area contributed by atoms with E-state index < -0.39 is 17.6 Å². The lowest BCUT2D eigenvalue weighted by Crippen LogP contribution is -2.30. The van der Waals surface area contributed by atoms with Crippen LogP contribution in [0.25, 0.3) is 0 Å². The minimum Gasteiger partial charge on any atom is -0.497 e. The van der Waals surface area contributed by atoms with Gasteiger partial charge in [-0.1, -0.05) is 24.3 Å². The van der Waals surface area contributed by atoms with Crippen molar-refractivity contribution in [1.29, 1.82) is 0 Å². The molecule has 134 valence electrons. The maximum atomic E-state index is 12.9. The summed E-state index contributed by atoms with van der Waals surface area (Å²) in [7, 11) is 1.58. The van der Waals surface area contributed by atoms with Crippen molar-refractivity contribution < 1.29 is 22.7 Å². The van der Waals surface area contributed by atoms with E-state index in [-0.39, 0.29) is 12.2 Å². The Morgan fingerprint density at radius 2 is 1.88 bits per heavy atom. The van der Waals surface area contributed by atoms with Gasteiger partial charge in [-0.15, -0.1) is 0 Å². The van der Waals surface area contributed by atoms with Crippen molar-refractivity contribution in [3.05, 3.63) is 59.7 Å². The quantitative estimate of drug-likeness (QED) is 0.750. The number of carbonyl (C=O) groups is 1. The van der Waals surface area contributed by atoms with Crippen molar-refractivity contribution in [2.45, 2.75) is 12.6 Å². The summed E-state index contributed by atoms with van der Waals surface area (Å²) in [6.07, 6.45) is -3.84. The number of anilines is 1. The third kappa shape index (κ3) is 5.79. The van der Waals surface area contributed by atoms with Crippen molar-refractivity contribution in [3.8, 4) is 5.75 Å². The number of nitrogens with one attached hydrogen (secondary N) is 2. The third-order valence-electron chi connectivity index (χ3n) is 3.52. The van der Waals surface area contributed by atoms with E-state index in [4.69, 9.17) is 4.74 Å². The van der Waals surface area contributed by atoms with E-state index in [0.29, 0.717) is 13.0 Å². The van der Waals surface area contributed by atoms with Crippen molar-refractivity contribution in [2.24, 2.45) is 0 Å². The fourth-order valence-corrected chi connectivity index (χ4v) is 2.30. The molecule has 0 heterocycles. The summed E-state index contributed by atoms with van der Waals surface area (Å²) in [6, 6.07) is 12.4. The Morgan fingerprint density at radius 1 is 1.12 bits per heavy atom. The molecule has 0 saturated heterocycles. The molecule has 0 aliphatic heterocycles. The van der Waals surface area contributed by atoms with Crippen molar-refractivity contribution >= 4 is 11.6 Å². The van der Waals surface area contributed by atoms with Crippen LogP contribution in [0.15, 0.2) is 48.5 Å². The van der Waals surface area contributed by atoms with Crippen LogP contribution in [0.4, 0.5) is 18.9 Å². The average molecular weight is 352 g/mol. The lowest BCUT2D eigenvalue weighted by Gasteiger charge is -2.13. The number of halogens is 3. The lowest BCUT2D eigenvalue weighted by molar-refractivity contribution is -0.137. The van der Waals surface area contributed by atoms with Gasteiger partial charge in [0.05, 0.1) is 24.9 Å². The molecule has 2 rings (SSSR count). The molecule has 4 nitrogen and oxygen atoms in total. The minimum absolute atomic E-state index is 0.0733. The number of para-hydroxylation sites is 1. The molecule has 0 atom stereocenters. The van der Waals surface area contributed by atoms with Gasteiger partial charge in [-0.05, 0) is 42.8 Å². The summed E-state index contributed by atoms with van der Waals surface area (Å²) in [4.78, 5) is 11.8. The van der Waals surface area contributed by atoms with E-state index in [1.165, 1.54) is 18.2 Å². The van der Waals surface area contributed by atoms with E-state index >= 15 is 0 Å². The van der Waals surface area contributed by atoms with Gasteiger partial charge in [-0.2, -0.15) is 13.2 Å². The second-order valence-electron chi connectivity index (χ2n) is 5.37. The second-order valence-corrected chi connectivity index (χ2v) is 5.37. The first-order chi connectivity index (χ1) is 11.9. The van der Waals surface area contributed by atoms with Gasteiger partial charge in [0, 0.05) is 0 Å². The van der Waals surface area contributed by atoms with Crippen LogP contribution in [-0.4, -0.2) is 26.1 Å². The van der Waals surface area contributed by atoms with Gasteiger partial charge in [0.15, 0.2) is 0 Å². The number of rotatable bonds is 7. The normalized spacial score (nSPS) is 11.2. The summed E-state index contributed by atoms with van der Waals surface area (Å²) >= 11 is 0. The average Bonchev–Trinajstić information content (AvgIpc) is 2.58. The largest absolute Gasteiger partial charge is 0.497 e. The predicted octanol–water partition coefficient (Wildman–Crippen LogP) is 3.48. The Balaban J connectivity index is 1.82. The zero-order valence-corrected chi connectivity index (χ0v) is 13.7. The SMILES string of the molecule is COc1cccc(CCNCC(=O)Nc2ccccc2C(F)(F)F)c1. The van der Waals surface area contributed by atoms with Crippen molar-refractivity contribution in [2.75, 3.05) is 25.5 Å². The Hall–Kier alpha value is -2.54. The fraction of sp³-hybridized carbons (Fsp3) is 0.278. The number of hydrogen-bond donors (Lipinski definition) is 2. The summed E-state index contributed by atoms with van der Waals surface area (Å²) < 4.78 is 43.8. The first kappa shape index (κ1) is 18.8. The van der Waals surface area contributed by atoms with Crippen LogP contribution in [-0.2, 0) is 17.4 Å². The molecule has 7 heteroatoms. The van der Waals surface area contributed by atoms with Gasteiger partial charge in [0.2, 0.25) is 5.91 Å². The molecule has 0 aliphatic rings. The number of ether oxygens (including phenoxy) is 1. The maximum absolute atomic E-state index is 12.9. The van der Waals surface area contributed by atoms with Crippen LogP contribution in [0.3, 0.4) is 0 Å². The number of methoxy groups -OCH3 is 1. The second kappa shape index (κ2) is 8.53. The Labute approximate surface area is 144 Å². The molecule has 0 aliphatic carbocycles. The molecular weight excluding hydrogens is 333 g/mol. The molecule has 1 amide bonds. The first-order valence-electron chi connectivity index (χ1n) is 7.70. The Kier molecular flexibility index (Phi) is 6.41. The van der Waals surface area contributed by atoms with E-state index in [2.05, 4.69) is 10.6 Å². The molecule has 2 aromatic carbocycles. The summed E-state index contributed by atoms with van der Waals surface area (Å²) in [6.45, 7) is 0.442. The van der Waals surface area contributed by atoms with Crippen LogP contribution in [0.5, 0.6) is 5.75 Å². The molecule has 0 spiro atoms. The van der Waals surface area contributed by atoms with E-state index in [1.54, 1.807) is 7.11 Å². The molecule has 2 aromatic rings. The smallest absolute Gasteiger partial charge is 0.418 e. The highest BCUT2D eigenvalue weighted by Crippen LogP contribution is 2.34. The number of alkyl halides is 3. The summed E-state index contributed by atoms with van der Waals surface area (Å²) in [5.74, 6) is 0.223. The molecule has 0 aromatic heterocycles. The molecule has 0 fully saturated rings. The van der Waals surface area contributed by atoms with Gasteiger partial charge in [0.1, 0.15) is 5.75 Å². The maximum Gasteiger partial charge on any atom is 0.418 e. The van der Waals surface area contributed by atoms with Gasteiger partial charge >= 0.3 is 6.18 Å². The first-order valence-corrected chi connectivity index (χ1v) is 7.70. The van der Waals surface area contributed by atoms with Gasteiger partial charge < -0.3 is 15.4 Å². The zero-order chi connectivity index (χ0) is 18.3. The number of amides is 1. The molecule has 0 radical (unpaired) electrons. The third-order valence-corrected chi connectivity index (χ3v) is 3.52. The van der Waals surface area contributed by atoms with Gasteiger partial charge in [-0.3, -0.25) is 4.79 Å². The highest BCUT2D eigenvalue weighted by atomic mass is 19.4. The van der Waals surface area contributed by atoms with E-state index in [0.717, 1.165) is 17.4 Å². The molecule has 0 unspecified atom stereocenters. The standard InChI is InChI=1S/C18H19F3N2O2/c1-25-14-6-4-5-13(11-14)9-10-22-12-17(24)23-16-8-3-2-7-15(16)18(19,20)21/h2-8,11,22H,9-10,12H2,1H3,(H,23,24). The van der Waals surface area contributed by atoms with Crippen LogP contribution in [0, 0.1) is 0 Å². The number of carbonyl (C=O) groups excluding carboxylic acids is 1. The highest BCUT2D eigenvalue weighted by Gasteiger charge is 2.33. The van der Waals surface area contributed by atoms with Crippen molar-refractivity contribution in [1.82, 2.24) is 5.32 Å². The Bertz CT molecular complexity index is 717. The Morgan fingerprint density at radius 3 is 2.60 bits per heavy atom. The highest BCUT2D eigenvalue weighted by molar-refractivity contribution is 5.93. The van der Waals surface area contributed by atoms with Crippen LogP contribution in [0.1, 0.15) is 11.1 Å². The van der Waals surface area contributed by atoms with Gasteiger partial charge in [-0.25, -0.2) is 0 Å². The lowest BCUT2D eigenvalue weighted by atomic mass is 10.1. The van der Waals surface area contributed by atoms with Crippen molar-refractivity contribution in [3.63, 3.8) is 0 Å². The number of benzene rings is 2. The van der Waals surface area contributed by atoms with Crippen LogP contribution < -0.4 is 15.4 Å². The van der Waals surface area contributed by atoms with Crippen LogP contribution >= 0.6 is 0 Å².